The van der Waals surface area contributed by atoms with Gasteiger partial charge in [0.25, 0.3) is 0 Å². The fraction of sp³-hybridized carbons (Fsp3) is 0.900. The number of carbonyl (C=O) groups excluding carboxylic acids is 1. The van der Waals surface area contributed by atoms with Crippen molar-refractivity contribution in [2.75, 3.05) is 6.61 Å². The van der Waals surface area contributed by atoms with Crippen LogP contribution in [0.4, 0.5) is 4.79 Å². The van der Waals surface area contributed by atoms with Gasteiger partial charge in [0.05, 0.1) is 6.61 Å². The normalized spacial score (nSPS) is 13.5. The molecule has 4 heteroatoms. The number of rotatable bonds is 5. The summed E-state index contributed by atoms with van der Waals surface area (Å²) in [4.78, 5) is 11.2. The first-order valence-corrected chi connectivity index (χ1v) is 8.99. The summed E-state index contributed by atoms with van der Waals surface area (Å²) in [5.74, 6) is 0. The molecule has 1 amide bonds. The van der Waals surface area contributed by atoms with E-state index in [9.17, 15) is 4.79 Å². The molecule has 0 aliphatic rings. The van der Waals surface area contributed by atoms with E-state index in [1.807, 2.05) is 13.8 Å². The van der Waals surface area contributed by atoms with Crippen LogP contribution in [0.3, 0.4) is 0 Å². The van der Waals surface area contributed by atoms with E-state index in [1.165, 1.54) is 0 Å². The lowest BCUT2D eigenvalue weighted by atomic mass is 10.3. The van der Waals surface area contributed by atoms with E-state index in [4.69, 9.17) is 4.74 Å². The Kier molecular flexibility index (Phi) is 5.84. The van der Waals surface area contributed by atoms with Gasteiger partial charge in [-0.15, -0.1) is 0 Å². The molecule has 0 bridgehead atoms. The summed E-state index contributed by atoms with van der Waals surface area (Å²) in [6.07, 6.45) is 0.654. The highest BCUT2D eigenvalue weighted by Gasteiger charge is 2.14. The third kappa shape index (κ3) is 8.10. The molecule has 0 aromatic rings. The number of ether oxygens (including phenoxy) is 1. The van der Waals surface area contributed by atoms with E-state index < -0.39 is 8.07 Å². The number of nitrogens with one attached hydrogen (secondary N) is 1. The highest BCUT2D eigenvalue weighted by Crippen LogP contribution is 2.07. The third-order valence-corrected chi connectivity index (χ3v) is 3.77. The molecule has 3 nitrogen and oxygen atoms in total. The predicted octanol–water partition coefficient (Wildman–Crippen LogP) is 2.85. The van der Waals surface area contributed by atoms with Crippen LogP contribution in [0.2, 0.25) is 25.7 Å². The van der Waals surface area contributed by atoms with Crippen LogP contribution < -0.4 is 5.32 Å². The Bertz CT molecular complexity index is 177. The van der Waals surface area contributed by atoms with E-state index in [0.29, 0.717) is 6.61 Å². The van der Waals surface area contributed by atoms with Gasteiger partial charge in [0, 0.05) is 14.1 Å². The number of carbonyl (C=O) groups is 1. The van der Waals surface area contributed by atoms with Gasteiger partial charge >= 0.3 is 6.09 Å². The smallest absolute Gasteiger partial charge is 0.407 e. The minimum absolute atomic E-state index is 0.203. The van der Waals surface area contributed by atoms with Crippen molar-refractivity contribution >= 4 is 14.2 Å². The maximum Gasteiger partial charge on any atom is 0.407 e. The minimum atomic E-state index is -1.08. The van der Waals surface area contributed by atoms with Crippen LogP contribution in [0.1, 0.15) is 20.3 Å². The number of hydrogen-bond acceptors (Lipinski definition) is 2. The molecule has 1 N–H and O–H groups in total. The molecular formula is C10H23NO2Si. The Morgan fingerprint density at radius 1 is 1.43 bits per heavy atom. The molecule has 1 atom stereocenters. The van der Waals surface area contributed by atoms with E-state index >= 15 is 0 Å². The largest absolute Gasteiger partial charge is 0.450 e. The van der Waals surface area contributed by atoms with E-state index in [0.717, 1.165) is 12.5 Å². The average Bonchev–Trinajstić information content (AvgIpc) is 2.01. The summed E-state index contributed by atoms with van der Waals surface area (Å²) in [5, 5.41) is 2.77. The molecule has 14 heavy (non-hydrogen) atoms. The molecule has 0 saturated carbocycles. The Morgan fingerprint density at radius 3 is 2.43 bits per heavy atom. The zero-order valence-corrected chi connectivity index (χ0v) is 11.0. The van der Waals surface area contributed by atoms with Crippen LogP contribution in [0.25, 0.3) is 0 Å². The summed E-state index contributed by atoms with van der Waals surface area (Å²) in [6, 6.07) is 1.23. The van der Waals surface area contributed by atoms with Crippen molar-refractivity contribution < 1.29 is 9.53 Å². The second kappa shape index (κ2) is 6.06. The van der Waals surface area contributed by atoms with Crippen molar-refractivity contribution in [2.24, 2.45) is 0 Å². The van der Waals surface area contributed by atoms with Crippen LogP contribution >= 0.6 is 0 Å². The summed E-state index contributed by atoms with van der Waals surface area (Å²) < 4.78 is 5.08. The van der Waals surface area contributed by atoms with Gasteiger partial charge in [-0.3, -0.25) is 0 Å². The lowest BCUT2D eigenvalue weighted by molar-refractivity contribution is 0.148. The minimum Gasteiger partial charge on any atom is -0.450 e. The highest BCUT2D eigenvalue weighted by atomic mass is 28.3. The van der Waals surface area contributed by atoms with Gasteiger partial charge in [-0.25, -0.2) is 4.79 Å². The number of amides is 1. The molecule has 0 aromatic carbocycles. The summed E-state index contributed by atoms with van der Waals surface area (Å²) in [5.41, 5.74) is 0. The molecule has 0 fully saturated rings. The standard InChI is InChI=1S/C10H23NO2Si/c1-6-9(2)11-10(12)13-7-8-14(3,4)5/h9H,6-8H2,1-5H3,(H,11,12). The first-order valence-electron chi connectivity index (χ1n) is 5.28. The number of hydrogen-bond donors (Lipinski definition) is 1. The third-order valence-electron chi connectivity index (χ3n) is 2.06. The zero-order valence-electron chi connectivity index (χ0n) is 10.0. The van der Waals surface area contributed by atoms with E-state index in [1.54, 1.807) is 0 Å². The van der Waals surface area contributed by atoms with E-state index in [-0.39, 0.29) is 12.1 Å². The second-order valence-electron chi connectivity index (χ2n) is 4.90. The molecule has 0 aliphatic carbocycles. The second-order valence-corrected chi connectivity index (χ2v) is 10.5. The summed E-state index contributed by atoms with van der Waals surface area (Å²) >= 11 is 0. The lowest BCUT2D eigenvalue weighted by Gasteiger charge is -2.16. The summed E-state index contributed by atoms with van der Waals surface area (Å²) in [7, 11) is -1.08. The molecular weight excluding hydrogens is 194 g/mol. The summed E-state index contributed by atoms with van der Waals surface area (Å²) in [6.45, 7) is 11.4. The molecule has 0 spiro atoms. The fourth-order valence-corrected chi connectivity index (χ4v) is 1.51. The van der Waals surface area contributed by atoms with Gasteiger partial charge in [-0.1, -0.05) is 26.6 Å². The lowest BCUT2D eigenvalue weighted by Crippen LogP contribution is -2.33. The molecule has 0 radical (unpaired) electrons. The fourth-order valence-electron chi connectivity index (χ4n) is 0.795. The van der Waals surface area contributed by atoms with E-state index in [2.05, 4.69) is 25.0 Å². The zero-order chi connectivity index (χ0) is 11.2. The van der Waals surface area contributed by atoms with Gasteiger partial charge in [0.15, 0.2) is 0 Å². The molecule has 0 aliphatic heterocycles. The Hall–Kier alpha value is -0.513. The topological polar surface area (TPSA) is 38.3 Å². The van der Waals surface area contributed by atoms with Crippen LogP contribution in [-0.2, 0) is 4.74 Å². The molecule has 0 rings (SSSR count). The predicted molar refractivity (Wildman–Crippen MR) is 62.4 cm³/mol. The Balaban J connectivity index is 3.55. The molecule has 1 unspecified atom stereocenters. The maximum atomic E-state index is 11.2. The monoisotopic (exact) mass is 217 g/mol. The first kappa shape index (κ1) is 13.5. The van der Waals surface area contributed by atoms with Crippen LogP contribution in [0.15, 0.2) is 0 Å². The van der Waals surface area contributed by atoms with Crippen molar-refractivity contribution in [3.8, 4) is 0 Å². The highest BCUT2D eigenvalue weighted by molar-refractivity contribution is 6.76. The van der Waals surface area contributed by atoms with Crippen LogP contribution in [0.5, 0.6) is 0 Å². The first-order chi connectivity index (χ1) is 6.35. The van der Waals surface area contributed by atoms with Crippen molar-refractivity contribution in [1.29, 1.82) is 0 Å². The van der Waals surface area contributed by atoms with Gasteiger partial charge < -0.3 is 10.1 Å². The molecule has 84 valence electrons. The molecule has 0 aromatic heterocycles. The van der Waals surface area contributed by atoms with Gasteiger partial charge in [-0.2, -0.15) is 0 Å². The average molecular weight is 217 g/mol. The quantitative estimate of drug-likeness (QED) is 0.719. The van der Waals surface area contributed by atoms with Gasteiger partial charge in [-0.05, 0) is 19.4 Å². The van der Waals surface area contributed by atoms with Crippen LogP contribution in [0, 0.1) is 0 Å². The Morgan fingerprint density at radius 2 is 2.00 bits per heavy atom. The van der Waals surface area contributed by atoms with Crippen molar-refractivity contribution in [1.82, 2.24) is 5.32 Å². The Labute approximate surface area is 88.2 Å². The van der Waals surface area contributed by atoms with Gasteiger partial charge in [0.1, 0.15) is 0 Å². The van der Waals surface area contributed by atoms with Crippen LogP contribution in [-0.4, -0.2) is 26.8 Å². The van der Waals surface area contributed by atoms with Crippen molar-refractivity contribution in [2.45, 2.75) is 52.0 Å². The number of alkyl carbamates (subject to hydrolysis) is 1. The van der Waals surface area contributed by atoms with Crippen molar-refractivity contribution in [3.63, 3.8) is 0 Å². The van der Waals surface area contributed by atoms with Gasteiger partial charge in [0.2, 0.25) is 0 Å². The molecule has 0 heterocycles. The maximum absolute atomic E-state index is 11.2. The molecule has 0 saturated heterocycles. The van der Waals surface area contributed by atoms with Crippen molar-refractivity contribution in [3.05, 3.63) is 0 Å². The SMILES string of the molecule is CCC(C)NC(=O)OCC[Si](C)(C)C.